The zero-order chi connectivity index (χ0) is 84.5. The number of nitrogens with zero attached hydrogens (tertiary/aromatic N) is 8. The van der Waals surface area contributed by atoms with Crippen LogP contribution in [0.5, 0.6) is 0 Å². The van der Waals surface area contributed by atoms with Crippen LogP contribution in [0.1, 0.15) is 0 Å². The molecular formula is C116H74N8O4. The molecule has 0 atom stereocenters. The van der Waals surface area contributed by atoms with Crippen molar-refractivity contribution >= 4 is 142 Å². The van der Waals surface area contributed by atoms with E-state index in [0.29, 0.717) is 5.95 Å². The van der Waals surface area contributed by atoms with E-state index in [1.807, 2.05) is 91.1 Å². The molecule has 0 saturated carbocycles. The van der Waals surface area contributed by atoms with Crippen LogP contribution in [-0.4, -0.2) is 38.2 Å². The number of fused-ring (bicyclic) bond motifs is 17. The van der Waals surface area contributed by atoms with E-state index in [9.17, 15) is 0 Å². The number of rotatable bonds is 10. The second kappa shape index (κ2) is 31.4. The average Bonchev–Trinajstić information content (AvgIpc) is 1.61. The average molecular weight is 1640 g/mol. The Kier molecular flexibility index (Phi) is 18.3. The Balaban J connectivity index is 0.0000000952. The third-order valence-corrected chi connectivity index (χ3v) is 24.6. The Morgan fingerprint density at radius 1 is 0.195 bits per heavy atom. The van der Waals surface area contributed by atoms with Gasteiger partial charge < -0.3 is 22.2 Å². The topological polar surface area (TPSA) is 124 Å². The van der Waals surface area contributed by atoms with Gasteiger partial charge in [0.05, 0.1) is 86.3 Å². The minimum absolute atomic E-state index is 0.636. The van der Waals surface area contributed by atoms with Gasteiger partial charge in [0.15, 0.2) is 0 Å². The highest BCUT2D eigenvalue weighted by molar-refractivity contribution is 6.17. The first-order chi connectivity index (χ1) is 63.5. The summed E-state index contributed by atoms with van der Waals surface area (Å²) in [5.74, 6) is 2.45. The van der Waals surface area contributed by atoms with Crippen LogP contribution >= 0.6 is 0 Å². The first-order valence-corrected chi connectivity index (χ1v) is 42.8. The minimum atomic E-state index is 0.636. The second-order valence-corrected chi connectivity index (χ2v) is 32.0. The zero-order valence-electron chi connectivity index (χ0n) is 68.9. The van der Waals surface area contributed by atoms with Crippen molar-refractivity contribution in [2.24, 2.45) is 0 Å². The maximum Gasteiger partial charge on any atom is 0.235 e. The van der Waals surface area contributed by atoms with E-state index in [1.54, 1.807) is 25.1 Å². The molecule has 16 aromatic carbocycles. The molecule has 602 valence electrons. The van der Waals surface area contributed by atoms with Crippen LogP contribution in [-0.2, 0) is 0 Å². The van der Waals surface area contributed by atoms with Gasteiger partial charge in [0.25, 0.3) is 0 Å². The quantitative estimate of drug-likeness (QED) is 0.133. The molecule has 12 heteroatoms. The number of furan rings is 4. The number of aromatic nitrogens is 8. The van der Waals surface area contributed by atoms with Crippen molar-refractivity contribution in [1.29, 1.82) is 0 Å². The van der Waals surface area contributed by atoms with Crippen LogP contribution in [0.25, 0.3) is 232 Å². The highest BCUT2D eigenvalue weighted by atomic mass is 16.3. The van der Waals surface area contributed by atoms with Crippen molar-refractivity contribution in [3.63, 3.8) is 0 Å². The summed E-state index contributed by atoms with van der Waals surface area (Å²) < 4.78 is 31.9. The van der Waals surface area contributed by atoms with Crippen LogP contribution in [0.3, 0.4) is 0 Å². The van der Waals surface area contributed by atoms with Crippen molar-refractivity contribution < 1.29 is 17.7 Å². The Hall–Kier alpha value is -17.5. The molecule has 0 unspecified atom stereocenters. The van der Waals surface area contributed by atoms with E-state index in [0.717, 1.165) is 166 Å². The summed E-state index contributed by atoms with van der Waals surface area (Å²) in [6.45, 7) is 0. The summed E-state index contributed by atoms with van der Waals surface area (Å²) in [6.07, 6.45) is 8.98. The lowest BCUT2D eigenvalue weighted by Gasteiger charge is -2.13. The fraction of sp³-hybridized carbons (Fsp3) is 0. The molecule has 11 aromatic heterocycles. The highest BCUT2D eigenvalue weighted by Gasteiger charge is 2.24. The standard InChI is InChI=1S/C31H20N2O.C30H19N3O.C29H18N2O.C26H17NO/c1-3-9-21(10-4-1)24-18-27(22-11-5-2-6-12-22)32-31(19-24)33-28-14-8-7-13-25(28)26-17-23-15-16-34-30(23)20-29(26)33;1-3-9-20(10-4-1)25-18-26(21-11-5-2-6-12-21)32-30(31-25)33-27-14-8-7-13-23(27)24-17-22-15-16-34-29(22)19-28(24)33;1-2-8-19(9-3-1)25-18-30-29(23-12-5-4-10-21(23)25)31-26-13-7-6-11-22(26)24-16-20-14-15-32-28(20)17-27(24)31;1-2-6-18(7-3-1)19-10-12-21(13-11-19)27-24-9-5-4-8-22(24)23-16-20-14-15-28-26(20)17-25(23)27/h1-20H;1-19H;1-18H;1-17H. The molecule has 27 aromatic rings. The van der Waals surface area contributed by atoms with E-state index < -0.39 is 0 Å². The SMILES string of the molecule is c1ccc(-c2cc(-c3ccccc3)nc(-n3c4ccccc4c4cc5ccoc5cc43)c2)cc1.c1ccc(-c2cc(-c3ccccc3)nc(-n3c4ccccc4c4cc5ccoc5cc43)n2)cc1.c1ccc(-c2ccc(-n3c4ccccc4c4cc5ccoc5cc43)cc2)cc1.c1ccc(-c2cnc(-n3c4ccccc4c4cc5ccoc5cc43)c3ccccc23)cc1. The van der Waals surface area contributed by atoms with Gasteiger partial charge in [-0.15, -0.1) is 0 Å². The Morgan fingerprint density at radius 2 is 0.516 bits per heavy atom. The first-order valence-electron chi connectivity index (χ1n) is 42.8. The number of benzene rings is 16. The van der Waals surface area contributed by atoms with Gasteiger partial charge in [-0.1, -0.05) is 291 Å². The summed E-state index contributed by atoms with van der Waals surface area (Å²) in [5.41, 5.74) is 26.5. The number of hydrogen-bond donors (Lipinski definition) is 0. The predicted octanol–water partition coefficient (Wildman–Crippen LogP) is 30.9. The van der Waals surface area contributed by atoms with E-state index >= 15 is 0 Å². The van der Waals surface area contributed by atoms with Crippen LogP contribution < -0.4 is 0 Å². The molecule has 0 aliphatic heterocycles. The maximum atomic E-state index is 5.77. The second-order valence-electron chi connectivity index (χ2n) is 32.0. The molecule has 0 radical (unpaired) electrons. The predicted molar refractivity (Wildman–Crippen MR) is 524 cm³/mol. The molecule has 0 amide bonds. The largest absolute Gasteiger partial charge is 0.464 e. The minimum Gasteiger partial charge on any atom is -0.464 e. The van der Waals surface area contributed by atoms with Crippen molar-refractivity contribution in [3.05, 3.63) is 450 Å². The van der Waals surface area contributed by atoms with Gasteiger partial charge in [0, 0.05) is 128 Å². The molecule has 0 spiro atoms. The van der Waals surface area contributed by atoms with Crippen molar-refractivity contribution in [2.45, 2.75) is 0 Å². The van der Waals surface area contributed by atoms with Crippen LogP contribution in [0.2, 0.25) is 0 Å². The summed E-state index contributed by atoms with van der Waals surface area (Å²) in [5, 5.41) is 16.4. The van der Waals surface area contributed by atoms with Crippen molar-refractivity contribution in [1.82, 2.24) is 38.2 Å². The van der Waals surface area contributed by atoms with Gasteiger partial charge in [0.2, 0.25) is 5.95 Å². The molecule has 0 bridgehead atoms. The zero-order valence-corrected chi connectivity index (χ0v) is 68.9. The Labute approximate surface area is 733 Å². The van der Waals surface area contributed by atoms with Crippen molar-refractivity contribution in [2.75, 3.05) is 0 Å². The van der Waals surface area contributed by atoms with Crippen LogP contribution in [0.15, 0.2) is 467 Å². The fourth-order valence-corrected chi connectivity index (χ4v) is 18.5. The molecule has 0 aliphatic rings. The van der Waals surface area contributed by atoms with Crippen molar-refractivity contribution in [3.8, 4) is 90.4 Å². The van der Waals surface area contributed by atoms with E-state index in [-0.39, 0.29) is 0 Å². The normalized spacial score (nSPS) is 11.6. The lowest BCUT2D eigenvalue weighted by molar-refractivity contribution is 0.616. The van der Waals surface area contributed by atoms with Crippen LogP contribution in [0.4, 0.5) is 0 Å². The maximum absolute atomic E-state index is 5.77. The van der Waals surface area contributed by atoms with Gasteiger partial charge in [-0.2, -0.15) is 0 Å². The van der Waals surface area contributed by atoms with E-state index in [4.69, 9.17) is 37.6 Å². The molecule has 128 heavy (non-hydrogen) atoms. The molecule has 0 N–H and O–H groups in total. The summed E-state index contributed by atoms with van der Waals surface area (Å²) in [4.78, 5) is 20.3. The molecule has 0 saturated heterocycles. The third kappa shape index (κ3) is 13.2. The number of pyridine rings is 2. The highest BCUT2D eigenvalue weighted by Crippen LogP contribution is 2.44. The Morgan fingerprint density at radius 3 is 0.953 bits per heavy atom. The van der Waals surface area contributed by atoms with Crippen LogP contribution in [0, 0.1) is 0 Å². The first kappa shape index (κ1) is 74.4. The molecule has 0 aliphatic carbocycles. The van der Waals surface area contributed by atoms with Gasteiger partial charge in [-0.05, 0) is 136 Å². The molecular weight excluding hydrogens is 1570 g/mol. The van der Waals surface area contributed by atoms with Gasteiger partial charge in [-0.3, -0.25) is 13.7 Å². The van der Waals surface area contributed by atoms with Gasteiger partial charge >= 0.3 is 0 Å². The monoisotopic (exact) mass is 1640 g/mol. The third-order valence-electron chi connectivity index (χ3n) is 24.6. The van der Waals surface area contributed by atoms with E-state index in [1.165, 1.54) is 59.9 Å². The smallest absolute Gasteiger partial charge is 0.235 e. The Bertz CT molecular complexity index is 8480. The number of hydrogen-bond acceptors (Lipinski definition) is 8. The van der Waals surface area contributed by atoms with Gasteiger partial charge in [0.1, 0.15) is 34.0 Å². The molecule has 27 rings (SSSR count). The molecule has 11 heterocycles. The van der Waals surface area contributed by atoms with E-state index in [2.05, 4.69) is 352 Å². The lowest BCUT2D eigenvalue weighted by Crippen LogP contribution is -2.03. The fourth-order valence-electron chi connectivity index (χ4n) is 18.5. The number of para-hydroxylation sites is 4. The molecule has 0 fully saturated rings. The summed E-state index contributed by atoms with van der Waals surface area (Å²) in [7, 11) is 0. The van der Waals surface area contributed by atoms with Gasteiger partial charge in [-0.25, -0.2) is 19.9 Å². The lowest BCUT2D eigenvalue weighted by atomic mass is 10.0. The molecule has 12 nitrogen and oxygen atoms in total. The summed E-state index contributed by atoms with van der Waals surface area (Å²) >= 11 is 0. The summed E-state index contributed by atoms with van der Waals surface area (Å²) in [6, 6.07) is 145.